The Bertz CT molecular complexity index is 1300. The number of nitrogens with zero attached hydrogens (tertiary/aromatic N) is 4. The Hall–Kier alpha value is -3.67. The lowest BCUT2D eigenvalue weighted by Crippen LogP contribution is -2.23. The van der Waals surface area contributed by atoms with Crippen LogP contribution in [0.1, 0.15) is 47.2 Å². The lowest BCUT2D eigenvalue weighted by atomic mass is 10.1. The monoisotopic (exact) mass is 439 g/mol. The molecule has 1 fully saturated rings. The first kappa shape index (κ1) is 21.2. The first-order valence-corrected chi connectivity index (χ1v) is 11.7. The molecule has 0 atom stereocenters. The molecule has 33 heavy (non-hydrogen) atoms. The van der Waals surface area contributed by atoms with Crippen molar-refractivity contribution in [1.82, 2.24) is 14.5 Å². The molecule has 3 heterocycles. The molecule has 0 saturated carbocycles. The van der Waals surface area contributed by atoms with Crippen LogP contribution in [0.25, 0.3) is 16.7 Å². The van der Waals surface area contributed by atoms with E-state index < -0.39 is 0 Å². The van der Waals surface area contributed by atoms with Gasteiger partial charge in [-0.05, 0) is 68.5 Å². The Balaban J connectivity index is 1.65. The summed E-state index contributed by atoms with van der Waals surface area (Å²) in [5, 5.41) is 4.01. The summed E-state index contributed by atoms with van der Waals surface area (Å²) in [5.41, 5.74) is 6.04. The molecule has 168 valence electrons. The molecule has 0 radical (unpaired) electrons. The topological polar surface area (TPSA) is 63.1 Å². The van der Waals surface area contributed by atoms with E-state index in [2.05, 4.69) is 47.7 Å². The minimum absolute atomic E-state index is 0.193. The number of aromatic nitrogens is 3. The van der Waals surface area contributed by atoms with Gasteiger partial charge < -0.3 is 10.2 Å². The zero-order chi connectivity index (χ0) is 22.9. The molecule has 1 saturated heterocycles. The van der Waals surface area contributed by atoms with E-state index in [0.29, 0.717) is 0 Å². The highest BCUT2D eigenvalue weighted by molar-refractivity contribution is 6.04. The number of carbonyl (C=O) groups is 1. The van der Waals surface area contributed by atoms with Crippen molar-refractivity contribution >= 4 is 28.4 Å². The number of para-hydroxylation sites is 1. The van der Waals surface area contributed by atoms with Gasteiger partial charge in [0.05, 0.1) is 5.39 Å². The zero-order valence-corrected chi connectivity index (χ0v) is 19.4. The largest absolute Gasteiger partial charge is 0.356 e. The molecule has 5 rings (SSSR count). The second-order valence-corrected chi connectivity index (χ2v) is 8.65. The molecule has 1 N–H and O–H groups in total. The predicted molar refractivity (Wildman–Crippen MR) is 134 cm³/mol. The molecule has 6 nitrogen and oxygen atoms in total. The summed E-state index contributed by atoms with van der Waals surface area (Å²) < 4.78 is 2.14. The van der Waals surface area contributed by atoms with Crippen LogP contribution in [0.5, 0.6) is 0 Å². The highest BCUT2D eigenvalue weighted by Crippen LogP contribution is 2.35. The fourth-order valence-electron chi connectivity index (χ4n) is 4.61. The van der Waals surface area contributed by atoms with Gasteiger partial charge in [0.1, 0.15) is 5.82 Å². The van der Waals surface area contributed by atoms with Gasteiger partial charge in [0, 0.05) is 30.2 Å². The quantitative estimate of drug-likeness (QED) is 0.449. The second-order valence-electron chi connectivity index (χ2n) is 8.65. The number of hydrogen-bond donors (Lipinski definition) is 1. The molecule has 0 spiro atoms. The molecule has 2 aromatic carbocycles. The maximum absolute atomic E-state index is 13.3. The van der Waals surface area contributed by atoms with Gasteiger partial charge in [0.2, 0.25) is 5.82 Å². The molecular formula is C27H29N5O. The van der Waals surface area contributed by atoms with Crippen molar-refractivity contribution in [2.45, 2.75) is 40.0 Å². The van der Waals surface area contributed by atoms with E-state index in [4.69, 9.17) is 9.97 Å². The van der Waals surface area contributed by atoms with E-state index in [1.165, 1.54) is 5.56 Å². The summed E-state index contributed by atoms with van der Waals surface area (Å²) in [4.78, 5) is 25.2. The first-order valence-electron chi connectivity index (χ1n) is 11.7. The van der Waals surface area contributed by atoms with Crippen molar-refractivity contribution in [1.29, 1.82) is 0 Å². The zero-order valence-electron chi connectivity index (χ0n) is 19.4. The third-order valence-electron chi connectivity index (χ3n) is 6.58. The molecule has 4 aromatic rings. The normalized spacial score (nSPS) is 13.6. The summed E-state index contributed by atoms with van der Waals surface area (Å²) in [5.74, 6) is 0.760. The van der Waals surface area contributed by atoms with Crippen LogP contribution in [0.15, 0.2) is 54.6 Å². The molecule has 1 amide bonds. The van der Waals surface area contributed by atoms with Gasteiger partial charge in [-0.3, -0.25) is 9.36 Å². The van der Waals surface area contributed by atoms with Crippen LogP contribution in [-0.4, -0.2) is 33.5 Å². The third-order valence-corrected chi connectivity index (χ3v) is 6.58. The lowest BCUT2D eigenvalue weighted by molar-refractivity contribution is 0.101. The number of aryl methyl sites for hydroxylation is 2. The summed E-state index contributed by atoms with van der Waals surface area (Å²) in [7, 11) is 0. The molecule has 2 aromatic heterocycles. The second kappa shape index (κ2) is 8.70. The summed E-state index contributed by atoms with van der Waals surface area (Å²) in [6, 6.07) is 18.1. The molecule has 1 aliphatic rings. The van der Waals surface area contributed by atoms with Crippen LogP contribution in [0.2, 0.25) is 0 Å². The minimum atomic E-state index is -0.294. The Morgan fingerprint density at radius 1 is 0.970 bits per heavy atom. The van der Waals surface area contributed by atoms with Crippen molar-refractivity contribution in [3.8, 4) is 5.69 Å². The van der Waals surface area contributed by atoms with Crippen molar-refractivity contribution in [2.75, 3.05) is 23.3 Å². The predicted octanol–water partition coefficient (Wildman–Crippen LogP) is 5.45. The van der Waals surface area contributed by atoms with E-state index in [1.807, 2.05) is 42.5 Å². The standard InChI is InChI=1S/C27H29N5O/c1-4-20-12-14-21(15-13-20)28-27(33)24-29-25(31-16-8-9-17-31)23-18(2)19(3)32(26(23)30-24)22-10-6-5-7-11-22/h5-7,10-15H,4,8-9,16-17H2,1-3H3,(H,28,33). The van der Waals surface area contributed by atoms with Gasteiger partial charge in [0.15, 0.2) is 5.65 Å². The highest BCUT2D eigenvalue weighted by Gasteiger charge is 2.26. The van der Waals surface area contributed by atoms with E-state index in [-0.39, 0.29) is 11.7 Å². The van der Waals surface area contributed by atoms with E-state index in [9.17, 15) is 4.79 Å². The van der Waals surface area contributed by atoms with Crippen LogP contribution in [-0.2, 0) is 6.42 Å². The van der Waals surface area contributed by atoms with Crippen LogP contribution >= 0.6 is 0 Å². The van der Waals surface area contributed by atoms with Crippen molar-refractivity contribution in [3.05, 3.63) is 77.2 Å². The smallest absolute Gasteiger partial charge is 0.293 e. The van der Waals surface area contributed by atoms with Crippen LogP contribution in [0.4, 0.5) is 11.5 Å². The Kier molecular flexibility index (Phi) is 5.58. The van der Waals surface area contributed by atoms with E-state index >= 15 is 0 Å². The highest BCUT2D eigenvalue weighted by atomic mass is 16.2. The van der Waals surface area contributed by atoms with Crippen molar-refractivity contribution in [3.63, 3.8) is 0 Å². The number of fused-ring (bicyclic) bond motifs is 1. The SMILES string of the molecule is CCc1ccc(NC(=O)c2nc(N3CCCC3)c3c(C)c(C)n(-c4ccccc4)c3n2)cc1. The number of anilines is 2. The van der Waals surface area contributed by atoms with Crippen LogP contribution in [0.3, 0.4) is 0 Å². The molecule has 0 unspecified atom stereocenters. The number of benzene rings is 2. The van der Waals surface area contributed by atoms with Gasteiger partial charge >= 0.3 is 0 Å². The Labute approximate surface area is 194 Å². The van der Waals surface area contributed by atoms with Gasteiger partial charge in [-0.1, -0.05) is 37.3 Å². The van der Waals surface area contributed by atoms with Gasteiger partial charge in [-0.15, -0.1) is 0 Å². The Morgan fingerprint density at radius 2 is 1.67 bits per heavy atom. The lowest BCUT2D eigenvalue weighted by Gasteiger charge is -2.19. The molecule has 1 aliphatic heterocycles. The molecular weight excluding hydrogens is 410 g/mol. The number of nitrogens with one attached hydrogen (secondary N) is 1. The fourth-order valence-corrected chi connectivity index (χ4v) is 4.61. The fraction of sp³-hybridized carbons (Fsp3) is 0.296. The summed E-state index contributed by atoms with van der Waals surface area (Å²) in [6.07, 6.45) is 3.23. The van der Waals surface area contributed by atoms with E-state index in [1.54, 1.807) is 0 Å². The maximum Gasteiger partial charge on any atom is 0.293 e. The average Bonchev–Trinajstić information content (AvgIpc) is 3.47. The number of hydrogen-bond acceptors (Lipinski definition) is 4. The Morgan fingerprint density at radius 3 is 2.33 bits per heavy atom. The average molecular weight is 440 g/mol. The van der Waals surface area contributed by atoms with Crippen LogP contribution in [0, 0.1) is 13.8 Å². The third kappa shape index (κ3) is 3.86. The van der Waals surface area contributed by atoms with Gasteiger partial charge in [0.25, 0.3) is 5.91 Å². The molecule has 0 aliphatic carbocycles. The molecule has 0 bridgehead atoms. The first-order chi connectivity index (χ1) is 16.1. The maximum atomic E-state index is 13.3. The van der Waals surface area contributed by atoms with Crippen molar-refractivity contribution < 1.29 is 4.79 Å². The summed E-state index contributed by atoms with van der Waals surface area (Å²) in [6.45, 7) is 8.23. The number of rotatable bonds is 5. The van der Waals surface area contributed by atoms with Gasteiger partial charge in [-0.25, -0.2) is 9.97 Å². The minimum Gasteiger partial charge on any atom is -0.356 e. The van der Waals surface area contributed by atoms with Crippen molar-refractivity contribution in [2.24, 2.45) is 0 Å². The molecule has 6 heteroatoms. The summed E-state index contributed by atoms with van der Waals surface area (Å²) >= 11 is 0. The van der Waals surface area contributed by atoms with Gasteiger partial charge in [-0.2, -0.15) is 0 Å². The van der Waals surface area contributed by atoms with E-state index in [0.717, 1.165) is 71.8 Å². The number of carbonyl (C=O) groups excluding carboxylic acids is 1. The number of amides is 1. The van der Waals surface area contributed by atoms with Crippen LogP contribution < -0.4 is 10.2 Å².